The van der Waals surface area contributed by atoms with Gasteiger partial charge >= 0.3 is 25.3 Å². The number of aliphatic carboxylic acids is 1. The Morgan fingerprint density at radius 1 is 0.456 bits per heavy atom. The highest BCUT2D eigenvalue weighted by Crippen LogP contribution is 2.40. The van der Waals surface area contributed by atoms with E-state index in [1.165, 1.54) is 18.3 Å². The largest absolute Gasteiger partial charge is 0.507 e. The molecule has 6 fully saturated rings. The van der Waals surface area contributed by atoms with Crippen molar-refractivity contribution in [3.63, 3.8) is 0 Å². The molecule has 758 valence electrons. The fraction of sp³-hybridized carbons (Fsp3) is 0.355. The highest BCUT2D eigenvalue weighted by molar-refractivity contribution is 6.57. The van der Waals surface area contributed by atoms with Crippen molar-refractivity contribution in [1.29, 1.82) is 21.0 Å². The minimum atomic E-state index is -1.43. The van der Waals surface area contributed by atoms with Crippen LogP contribution in [0.15, 0.2) is 196 Å². The second-order valence-corrected chi connectivity index (χ2v) is 37.1. The number of aromatic amines is 2. The van der Waals surface area contributed by atoms with Crippen LogP contribution in [0, 0.1) is 57.2 Å². The molecule has 3 amide bonds. The molecule has 0 unspecified atom stereocenters. The quantitative estimate of drug-likeness (QED) is 0.0162. The smallest absolute Gasteiger partial charge is 0.481 e. The number of carbonyl (C=O) groups is 4. The first-order valence-electron chi connectivity index (χ1n) is 46.0. The predicted octanol–water partition coefficient (Wildman–Crippen LogP) is 8.59. The Kier molecular flexibility index (Phi) is 33.6. The summed E-state index contributed by atoms with van der Waals surface area (Å²) in [6, 6.07) is 26.5. The summed E-state index contributed by atoms with van der Waals surface area (Å²) in [5, 5.41) is 127. The zero-order valence-electron chi connectivity index (χ0n) is 82.1. The van der Waals surface area contributed by atoms with Crippen LogP contribution >= 0.6 is 11.6 Å². The number of allylic oxidation sites excluding steroid dienone is 1. The lowest BCUT2D eigenvalue weighted by atomic mass is 9.86. The van der Waals surface area contributed by atoms with Gasteiger partial charge in [0.2, 0.25) is 35.6 Å². The van der Waals surface area contributed by atoms with Crippen molar-refractivity contribution in [2.24, 2.45) is 47.1 Å². The highest BCUT2D eigenvalue weighted by atomic mass is 35.5. The molecule has 4 saturated heterocycles. The van der Waals surface area contributed by atoms with Gasteiger partial charge in [0.1, 0.15) is 50.1 Å². The standard InChI is InChI=1S/C21H25N9O2.C20H21N9O.C16H17N9.C11H11N7.C10H14N2O2.C8H8ClN5.C4H6O2.C3H5BN2O2/c1-20(2,3)32-19(31)29-13-21(14-29,7-8-22)30-10-6-17(27-30)16-5-9-23-18(26-16)25-15-11-24-28(4)12-15;1-27-11-15(10-23-27)24-19-22-8-4-16(25-19)17-5-9-29(26-17)20(6-7-21)12-28(13-20)18(30)14-2-3-14;1-24-9-12(8-20-24)21-15-19-6-2-13(22-15)14-3-7-25(23-14)16(4-5-17)10-18-11-16;1-18-7-8(6-14-18)15-11-12-4-2-9(16-11)10-3-5-13-17-10;1-10(2,3)14-9(13)12-6-8(7-12)4-5-11;1-14-5-6(4-11-14)12-8-10-3-2-7(9)13-8;5-4(6)3-1-2-3;7-4(8)3-1-2-5-6-3/h5-6,9-12H,7,13-14H2,1-4H3,(H,23,25,26);4-5,8-11,14H,2-3,6,12-13H2,1H3,(H,22,24,25);2-3,6-9,18H,4,10-11H2,1H3,(H,19,21,22);2-7H,1H3,(H,13,17)(H,12,15,16);4H,6-7H2,1-3H3;2-5H,1H3,(H,10,12,13);3H,1-2H2,(H,5,6);1-2,7-8H,(H,5,6). The number of aryl methyl sites for hydroxylation is 5. The van der Waals surface area contributed by atoms with Gasteiger partial charge in [0, 0.05) is 179 Å². The molecule has 2 aliphatic carbocycles. The topological polar surface area (TPSA) is 653 Å². The number of likely N-dealkylation sites (tertiary alicyclic amines) is 3. The van der Waals surface area contributed by atoms with Gasteiger partial charge in [-0.1, -0.05) is 11.6 Å². The molecule has 0 bridgehead atoms. The molecule has 2 saturated carbocycles. The normalized spacial score (nSPS) is 14.5. The zero-order valence-corrected chi connectivity index (χ0v) is 82.8. The Morgan fingerprint density at radius 3 is 1.12 bits per heavy atom. The van der Waals surface area contributed by atoms with E-state index in [1.807, 2.05) is 183 Å². The predicted molar refractivity (Wildman–Crippen MR) is 534 cm³/mol. The van der Waals surface area contributed by atoms with Crippen LogP contribution in [0.5, 0.6) is 0 Å². The Bertz CT molecular complexity index is 7170. The van der Waals surface area contributed by atoms with Gasteiger partial charge in [-0.15, -0.1) is 0 Å². The van der Waals surface area contributed by atoms with Gasteiger partial charge in [-0.2, -0.15) is 72.0 Å². The average molecular weight is 2020 g/mol. The molecule has 15 aromatic rings. The molecule has 0 spiro atoms. The summed E-state index contributed by atoms with van der Waals surface area (Å²) in [7, 11) is 7.78. The molecule has 0 radical (unpaired) electrons. The molecule has 15 aromatic heterocycles. The van der Waals surface area contributed by atoms with Crippen molar-refractivity contribution >= 4 is 107 Å². The van der Waals surface area contributed by atoms with Crippen molar-refractivity contribution in [3.8, 4) is 69.8 Å². The summed E-state index contributed by atoms with van der Waals surface area (Å²) in [5.74, 6) is 2.13. The Hall–Kier alpha value is -18.1. The molecule has 6 aliphatic rings. The number of carbonyl (C=O) groups excluding carboxylic acids is 3. The van der Waals surface area contributed by atoms with Gasteiger partial charge in [0.25, 0.3) is 0 Å². The van der Waals surface area contributed by atoms with Gasteiger partial charge in [-0.05, 0) is 133 Å². The number of amides is 3. The summed E-state index contributed by atoms with van der Waals surface area (Å²) in [4.78, 5) is 93.7. The number of hydrogen-bond donors (Lipinski definition) is 11. The number of rotatable bonds is 23. The third kappa shape index (κ3) is 29.3. The molecule has 147 heavy (non-hydrogen) atoms. The van der Waals surface area contributed by atoms with Crippen LogP contribution in [-0.2, 0) is 70.9 Å². The van der Waals surface area contributed by atoms with Gasteiger partial charge in [0.05, 0.1) is 156 Å². The van der Waals surface area contributed by atoms with E-state index in [2.05, 4.69) is 156 Å². The van der Waals surface area contributed by atoms with Crippen molar-refractivity contribution in [3.05, 3.63) is 201 Å². The van der Waals surface area contributed by atoms with Gasteiger partial charge in [-0.3, -0.25) is 57.2 Å². The minimum absolute atomic E-state index is 0.0185. The summed E-state index contributed by atoms with van der Waals surface area (Å²) >= 11 is 5.70. The highest BCUT2D eigenvalue weighted by Gasteiger charge is 2.51. The number of H-pyrrole nitrogens is 2. The summed E-state index contributed by atoms with van der Waals surface area (Å²) in [6.45, 7) is 15.3. The Balaban J connectivity index is 0.000000138. The van der Waals surface area contributed by atoms with Crippen molar-refractivity contribution < 1.29 is 43.8 Å². The second kappa shape index (κ2) is 47.2. The number of nitriles is 4. The maximum Gasteiger partial charge on any atom is 0.507 e. The zero-order chi connectivity index (χ0) is 105. The molecule has 21 rings (SSSR count). The van der Waals surface area contributed by atoms with Crippen LogP contribution in [-0.4, -0.2) is 273 Å². The third-order valence-electron chi connectivity index (χ3n) is 22.2. The number of aromatic nitrogens is 30. The number of nitrogens with zero attached hydrogens (tertiary/aromatic N) is 35. The number of nitrogens with one attached hydrogen (secondary N) is 8. The van der Waals surface area contributed by atoms with Crippen molar-refractivity contribution in [2.75, 3.05) is 78.9 Å². The molecule has 11 N–H and O–H groups in total. The van der Waals surface area contributed by atoms with E-state index in [1.54, 1.807) is 124 Å². The van der Waals surface area contributed by atoms with E-state index < -0.39 is 35.4 Å². The number of halogens is 1. The summed E-state index contributed by atoms with van der Waals surface area (Å²) < 4.78 is 24.5. The molecular formula is C93H107BClN43O9. The Morgan fingerprint density at radius 2 is 0.810 bits per heavy atom. The van der Waals surface area contributed by atoms with E-state index in [0.29, 0.717) is 115 Å². The van der Waals surface area contributed by atoms with E-state index in [-0.39, 0.29) is 41.9 Å². The molecular weight excluding hydrogens is 1910 g/mol. The fourth-order valence-corrected chi connectivity index (χ4v) is 14.7. The van der Waals surface area contributed by atoms with Gasteiger partial charge < -0.3 is 71.2 Å². The van der Waals surface area contributed by atoms with E-state index in [9.17, 15) is 29.7 Å². The maximum absolute atomic E-state index is 12.3. The van der Waals surface area contributed by atoms with Crippen LogP contribution in [0.2, 0.25) is 5.15 Å². The Labute approximate surface area is 847 Å². The summed E-state index contributed by atoms with van der Waals surface area (Å²) in [5.41, 5.74) is 8.77. The molecule has 19 heterocycles. The van der Waals surface area contributed by atoms with Crippen LogP contribution in [0.25, 0.3) is 45.6 Å². The molecule has 52 nitrogen and oxygen atoms in total. The van der Waals surface area contributed by atoms with Crippen molar-refractivity contribution in [1.82, 2.24) is 168 Å². The van der Waals surface area contributed by atoms with E-state index in [0.717, 1.165) is 95.6 Å². The molecule has 54 heteroatoms. The number of carboxylic acid groups (broad SMARTS) is 1. The first kappa shape index (κ1) is 105. The van der Waals surface area contributed by atoms with Gasteiger partial charge in [0.15, 0.2) is 0 Å². The lowest BCUT2D eigenvalue weighted by Crippen LogP contribution is -2.64. The average Bonchev–Trinajstić information content (AvgIpc) is 1.68. The maximum atomic E-state index is 12.3. The summed E-state index contributed by atoms with van der Waals surface area (Å²) in [6.07, 6.45) is 40.2. The molecule has 0 atom stereocenters. The van der Waals surface area contributed by atoms with Crippen LogP contribution in [0.4, 0.5) is 67.8 Å². The van der Waals surface area contributed by atoms with E-state index in [4.69, 9.17) is 51.9 Å². The molecule has 4 aliphatic heterocycles. The second-order valence-electron chi connectivity index (χ2n) is 36.7. The van der Waals surface area contributed by atoms with Crippen LogP contribution in [0.1, 0.15) is 86.5 Å². The van der Waals surface area contributed by atoms with Crippen LogP contribution in [0.3, 0.4) is 0 Å². The third-order valence-corrected chi connectivity index (χ3v) is 22.4. The van der Waals surface area contributed by atoms with Gasteiger partial charge in [-0.25, -0.2) is 59.4 Å². The SMILES string of the molecule is CC(C)(C)OC(=O)N1CC(=CC#N)C1.Cn1cc(Nc2nccc(-c3ccn(C4(CC#N)CN(C(=O)C5CC5)C4)n3)n2)cn1.Cn1cc(Nc2nccc(-c3ccn(C4(CC#N)CN(C(=O)OC(C)(C)C)C4)n3)n2)cn1.Cn1cc(Nc2nccc(-c3ccn(C4(CC#N)CNC4)n3)n2)cn1.Cn1cc(Nc2nccc(-c3ccn[nH]3)n2)cn1.Cn1cc(Nc2nccc(Cl)n2)cn1.O=C(O)C1CC1.OB(O)c1ccn[nH]1. The minimum Gasteiger partial charge on any atom is -0.481 e. The lowest BCUT2D eigenvalue weighted by Gasteiger charge is -2.49. The monoisotopic (exact) mass is 2020 g/mol. The first-order valence-corrected chi connectivity index (χ1v) is 46.4. The number of ether oxygens (including phenoxy) is 2. The number of carboxylic acids is 1. The number of hydrogen-bond acceptors (Lipinski definition) is 38. The van der Waals surface area contributed by atoms with Crippen LogP contribution < -0.4 is 37.5 Å². The molecule has 0 aromatic carbocycles. The number of anilines is 10. The van der Waals surface area contributed by atoms with E-state index >= 15 is 0 Å². The van der Waals surface area contributed by atoms with Crippen molar-refractivity contribution in [2.45, 2.75) is 114 Å². The lowest BCUT2D eigenvalue weighted by molar-refractivity contribution is -0.144. The first-order chi connectivity index (χ1) is 70.5. The fourth-order valence-electron chi connectivity index (χ4n) is 14.5.